The topological polar surface area (TPSA) is 66.9 Å². The highest BCUT2D eigenvalue weighted by Gasteiger charge is 2.11. The van der Waals surface area contributed by atoms with Crippen molar-refractivity contribution < 1.29 is 18.0 Å². The zero-order valence-electron chi connectivity index (χ0n) is 13.3. The third-order valence-corrected chi connectivity index (χ3v) is 3.49. The lowest BCUT2D eigenvalue weighted by Gasteiger charge is -2.09. The molecule has 0 bridgehead atoms. The highest BCUT2D eigenvalue weighted by Crippen LogP contribution is 2.19. The molecule has 1 amide bonds. The van der Waals surface area contributed by atoms with Crippen LogP contribution in [0.4, 0.5) is 24.7 Å². The maximum absolute atomic E-state index is 13.7. The first-order valence-corrected chi connectivity index (χ1v) is 7.58. The Morgan fingerprint density at radius 1 is 0.962 bits per heavy atom. The Balaban J connectivity index is 1.70. The van der Waals surface area contributed by atoms with Crippen LogP contribution in [0.2, 0.25) is 0 Å². The van der Waals surface area contributed by atoms with Gasteiger partial charge in [0.1, 0.15) is 35.3 Å². The highest BCUT2D eigenvalue weighted by molar-refractivity contribution is 5.92. The summed E-state index contributed by atoms with van der Waals surface area (Å²) in [6.07, 6.45) is 1.13. The third kappa shape index (κ3) is 4.15. The van der Waals surface area contributed by atoms with Crippen LogP contribution in [0.5, 0.6) is 0 Å². The Morgan fingerprint density at radius 3 is 2.54 bits per heavy atom. The summed E-state index contributed by atoms with van der Waals surface area (Å²) in [6.45, 7) is -0.00907. The molecule has 3 aromatic rings. The van der Waals surface area contributed by atoms with Gasteiger partial charge in [0.15, 0.2) is 0 Å². The van der Waals surface area contributed by atoms with E-state index in [-0.39, 0.29) is 23.7 Å². The van der Waals surface area contributed by atoms with Crippen LogP contribution in [0.3, 0.4) is 0 Å². The van der Waals surface area contributed by atoms with Crippen LogP contribution in [0.15, 0.2) is 54.9 Å². The molecule has 3 rings (SSSR count). The predicted octanol–water partition coefficient (Wildman–Crippen LogP) is 3.57. The lowest BCUT2D eigenvalue weighted by atomic mass is 10.2. The number of hydrogen-bond donors (Lipinski definition) is 2. The van der Waals surface area contributed by atoms with Crippen LogP contribution in [-0.4, -0.2) is 15.9 Å². The standard InChI is InChI=1S/C18H13F3N4O/c19-12-5-6-15(14(21)7-12)25-17-8-16(23-10-24-17)18(26)22-9-11-3-1-2-4-13(11)20/h1-8,10H,9H2,(H,22,26)(H,23,24,25). The molecule has 1 heterocycles. The number of anilines is 2. The van der Waals surface area contributed by atoms with Crippen molar-refractivity contribution in [2.75, 3.05) is 5.32 Å². The maximum atomic E-state index is 13.7. The van der Waals surface area contributed by atoms with Crippen LogP contribution in [0.1, 0.15) is 16.1 Å². The van der Waals surface area contributed by atoms with Crippen molar-refractivity contribution in [3.05, 3.63) is 83.6 Å². The first kappa shape index (κ1) is 17.4. The largest absolute Gasteiger partial charge is 0.347 e. The normalized spacial score (nSPS) is 10.4. The molecule has 0 radical (unpaired) electrons. The maximum Gasteiger partial charge on any atom is 0.270 e. The molecule has 0 aliphatic carbocycles. The third-order valence-electron chi connectivity index (χ3n) is 3.49. The first-order chi connectivity index (χ1) is 12.5. The van der Waals surface area contributed by atoms with Crippen molar-refractivity contribution in [3.63, 3.8) is 0 Å². The van der Waals surface area contributed by atoms with E-state index < -0.39 is 23.4 Å². The van der Waals surface area contributed by atoms with Gasteiger partial charge < -0.3 is 10.6 Å². The summed E-state index contributed by atoms with van der Waals surface area (Å²) < 4.78 is 40.2. The number of nitrogens with zero attached hydrogens (tertiary/aromatic N) is 2. The number of rotatable bonds is 5. The van der Waals surface area contributed by atoms with Crippen LogP contribution >= 0.6 is 0 Å². The smallest absolute Gasteiger partial charge is 0.270 e. The SMILES string of the molecule is O=C(NCc1ccccc1F)c1cc(Nc2ccc(F)cc2F)ncn1. The van der Waals surface area contributed by atoms with Gasteiger partial charge in [0.05, 0.1) is 5.69 Å². The zero-order valence-corrected chi connectivity index (χ0v) is 13.3. The molecule has 0 unspecified atom stereocenters. The fourth-order valence-corrected chi connectivity index (χ4v) is 2.19. The second-order valence-corrected chi connectivity index (χ2v) is 5.31. The van der Waals surface area contributed by atoms with Gasteiger partial charge in [-0.3, -0.25) is 4.79 Å². The molecule has 0 aliphatic heterocycles. The Morgan fingerprint density at radius 2 is 1.77 bits per heavy atom. The Kier molecular flexibility index (Phi) is 5.12. The van der Waals surface area contributed by atoms with E-state index in [0.29, 0.717) is 5.56 Å². The molecule has 132 valence electrons. The van der Waals surface area contributed by atoms with E-state index in [1.54, 1.807) is 18.2 Å². The van der Waals surface area contributed by atoms with Gasteiger partial charge in [0.25, 0.3) is 5.91 Å². The van der Waals surface area contributed by atoms with Gasteiger partial charge in [0.2, 0.25) is 0 Å². The van der Waals surface area contributed by atoms with Gasteiger partial charge in [-0.2, -0.15) is 0 Å². The number of amides is 1. The molecule has 1 aromatic heterocycles. The summed E-state index contributed by atoms with van der Waals surface area (Å²) in [5.74, 6) is -2.32. The van der Waals surface area contributed by atoms with Crippen LogP contribution in [0.25, 0.3) is 0 Å². The number of aromatic nitrogens is 2. The molecule has 0 saturated carbocycles. The molecule has 0 atom stereocenters. The summed E-state index contributed by atoms with van der Waals surface area (Å²) >= 11 is 0. The number of carbonyl (C=O) groups is 1. The number of carbonyl (C=O) groups excluding carboxylic acids is 1. The molecule has 0 fully saturated rings. The summed E-state index contributed by atoms with van der Waals surface area (Å²) in [4.78, 5) is 19.9. The summed E-state index contributed by atoms with van der Waals surface area (Å²) in [5.41, 5.74) is 0.353. The second-order valence-electron chi connectivity index (χ2n) is 5.31. The average molecular weight is 358 g/mol. The summed E-state index contributed by atoms with van der Waals surface area (Å²) in [7, 11) is 0. The van der Waals surface area contributed by atoms with Crippen molar-refractivity contribution in [2.24, 2.45) is 0 Å². The lowest BCUT2D eigenvalue weighted by molar-refractivity contribution is 0.0945. The molecule has 0 aliphatic rings. The fourth-order valence-electron chi connectivity index (χ4n) is 2.19. The van der Waals surface area contributed by atoms with Crippen molar-refractivity contribution in [1.82, 2.24) is 15.3 Å². The van der Waals surface area contributed by atoms with Crippen molar-refractivity contribution >= 4 is 17.4 Å². The Bertz CT molecular complexity index is 949. The summed E-state index contributed by atoms with van der Waals surface area (Å²) in [6, 6.07) is 10.4. The second kappa shape index (κ2) is 7.64. The van der Waals surface area contributed by atoms with E-state index in [2.05, 4.69) is 20.6 Å². The van der Waals surface area contributed by atoms with Gasteiger partial charge in [-0.05, 0) is 18.2 Å². The molecule has 26 heavy (non-hydrogen) atoms. The van der Waals surface area contributed by atoms with Gasteiger partial charge in [-0.25, -0.2) is 23.1 Å². The van der Waals surface area contributed by atoms with E-state index in [0.717, 1.165) is 18.5 Å². The number of hydrogen-bond acceptors (Lipinski definition) is 4. The molecule has 8 heteroatoms. The van der Waals surface area contributed by atoms with Crippen LogP contribution < -0.4 is 10.6 Å². The molecular formula is C18H13F3N4O. The van der Waals surface area contributed by atoms with Crippen LogP contribution in [-0.2, 0) is 6.54 Å². The van der Waals surface area contributed by atoms with Crippen LogP contribution in [0, 0.1) is 17.5 Å². The molecule has 0 saturated heterocycles. The minimum absolute atomic E-state index is 0.00261. The Hall–Kier alpha value is -3.42. The lowest BCUT2D eigenvalue weighted by Crippen LogP contribution is -2.24. The van der Waals surface area contributed by atoms with E-state index in [1.165, 1.54) is 18.2 Å². The molecule has 2 aromatic carbocycles. The molecular weight excluding hydrogens is 345 g/mol. The predicted molar refractivity (Wildman–Crippen MR) is 89.2 cm³/mol. The number of halogens is 3. The molecule has 2 N–H and O–H groups in total. The minimum atomic E-state index is -0.797. The molecule has 0 spiro atoms. The number of benzene rings is 2. The van der Waals surface area contributed by atoms with E-state index in [9.17, 15) is 18.0 Å². The first-order valence-electron chi connectivity index (χ1n) is 7.58. The van der Waals surface area contributed by atoms with Crippen molar-refractivity contribution in [2.45, 2.75) is 6.54 Å². The number of nitrogens with one attached hydrogen (secondary N) is 2. The van der Waals surface area contributed by atoms with Crippen molar-refractivity contribution in [1.29, 1.82) is 0 Å². The molecule has 5 nitrogen and oxygen atoms in total. The van der Waals surface area contributed by atoms with Gasteiger partial charge in [-0.15, -0.1) is 0 Å². The van der Waals surface area contributed by atoms with E-state index in [4.69, 9.17) is 0 Å². The average Bonchev–Trinajstić information content (AvgIpc) is 2.63. The zero-order chi connectivity index (χ0) is 18.5. The fraction of sp³-hybridized carbons (Fsp3) is 0.0556. The van der Waals surface area contributed by atoms with Crippen molar-refractivity contribution in [3.8, 4) is 0 Å². The monoisotopic (exact) mass is 358 g/mol. The van der Waals surface area contributed by atoms with E-state index >= 15 is 0 Å². The minimum Gasteiger partial charge on any atom is -0.347 e. The quantitative estimate of drug-likeness (QED) is 0.732. The Labute approximate surface area is 146 Å². The van der Waals surface area contributed by atoms with Gasteiger partial charge in [0, 0.05) is 24.2 Å². The van der Waals surface area contributed by atoms with Gasteiger partial charge >= 0.3 is 0 Å². The van der Waals surface area contributed by atoms with E-state index in [1.807, 2.05) is 0 Å². The van der Waals surface area contributed by atoms with Gasteiger partial charge in [-0.1, -0.05) is 18.2 Å². The summed E-state index contributed by atoms with van der Waals surface area (Å²) in [5, 5.41) is 5.19. The highest BCUT2D eigenvalue weighted by atomic mass is 19.1.